The first-order valence-corrected chi connectivity index (χ1v) is 8.08. The lowest BCUT2D eigenvalue weighted by Gasteiger charge is -2.14. The van der Waals surface area contributed by atoms with Crippen molar-refractivity contribution in [3.63, 3.8) is 0 Å². The molecule has 132 valence electrons. The molecule has 2 rings (SSSR count). The molecule has 0 aliphatic carbocycles. The highest BCUT2D eigenvalue weighted by atomic mass is 35.5. The number of halogens is 2. The summed E-state index contributed by atoms with van der Waals surface area (Å²) < 4.78 is 6.63. The van der Waals surface area contributed by atoms with E-state index in [0.717, 1.165) is 0 Å². The predicted molar refractivity (Wildman–Crippen MR) is 95.4 cm³/mol. The Morgan fingerprint density at radius 2 is 1.72 bits per heavy atom. The molecule has 0 fully saturated rings. The van der Waals surface area contributed by atoms with Gasteiger partial charge in [0.1, 0.15) is 5.69 Å². The summed E-state index contributed by atoms with van der Waals surface area (Å²) in [5.74, 6) is -1.41. The van der Waals surface area contributed by atoms with Crippen LogP contribution in [0.3, 0.4) is 0 Å². The van der Waals surface area contributed by atoms with Crippen molar-refractivity contribution in [1.29, 1.82) is 0 Å². The fraction of sp³-hybridized carbons (Fsp3) is 0.235. The number of aryl methyl sites for hydroxylation is 1. The molecule has 2 aromatic rings. The Labute approximate surface area is 154 Å². The van der Waals surface area contributed by atoms with E-state index < -0.39 is 18.0 Å². The smallest absolute Gasteiger partial charge is 0.355 e. The van der Waals surface area contributed by atoms with Crippen LogP contribution < -0.4 is 5.32 Å². The van der Waals surface area contributed by atoms with Gasteiger partial charge in [0.2, 0.25) is 0 Å². The summed E-state index contributed by atoms with van der Waals surface area (Å²) in [5, 5.41) is 3.31. The number of ketones is 1. The van der Waals surface area contributed by atoms with Gasteiger partial charge in [0.15, 0.2) is 11.9 Å². The van der Waals surface area contributed by atoms with E-state index in [0.29, 0.717) is 21.3 Å². The topological polar surface area (TPSA) is 77.4 Å². The molecule has 0 bridgehead atoms. The lowest BCUT2D eigenvalue weighted by molar-refractivity contribution is -0.123. The Kier molecular flexibility index (Phi) is 5.87. The molecule has 1 heterocycles. The number of aromatic nitrogens is 1. The van der Waals surface area contributed by atoms with Crippen molar-refractivity contribution < 1.29 is 19.1 Å². The zero-order valence-electron chi connectivity index (χ0n) is 13.8. The minimum absolute atomic E-state index is 0.168. The van der Waals surface area contributed by atoms with Crippen LogP contribution in [0.2, 0.25) is 10.0 Å². The van der Waals surface area contributed by atoms with Crippen molar-refractivity contribution in [2.45, 2.75) is 20.0 Å². The molecule has 0 saturated carbocycles. The molecule has 25 heavy (non-hydrogen) atoms. The first-order valence-electron chi connectivity index (χ1n) is 7.32. The number of hydrogen-bond acceptors (Lipinski definition) is 4. The third-order valence-electron chi connectivity index (χ3n) is 3.40. The molecule has 1 aromatic carbocycles. The van der Waals surface area contributed by atoms with Crippen LogP contribution in [0.25, 0.3) is 0 Å². The van der Waals surface area contributed by atoms with Crippen LogP contribution in [0, 0.1) is 0 Å². The number of carbonyl (C=O) groups is 3. The highest BCUT2D eigenvalue weighted by Crippen LogP contribution is 2.22. The van der Waals surface area contributed by atoms with Crippen LogP contribution in [-0.4, -0.2) is 28.3 Å². The largest absolute Gasteiger partial charge is 0.448 e. The molecule has 0 radical (unpaired) electrons. The number of hydrogen-bond donors (Lipinski definition) is 1. The zero-order valence-corrected chi connectivity index (χ0v) is 15.3. The van der Waals surface area contributed by atoms with Gasteiger partial charge < -0.3 is 14.6 Å². The van der Waals surface area contributed by atoms with Gasteiger partial charge in [0.05, 0.1) is 0 Å². The number of benzene rings is 1. The molecule has 1 amide bonds. The lowest BCUT2D eigenvalue weighted by Crippen LogP contribution is -2.30. The second kappa shape index (κ2) is 7.72. The van der Waals surface area contributed by atoms with Crippen LogP contribution in [0.1, 0.15) is 34.7 Å². The molecule has 0 spiro atoms. The quantitative estimate of drug-likeness (QED) is 0.631. The monoisotopic (exact) mass is 382 g/mol. The van der Waals surface area contributed by atoms with Crippen molar-refractivity contribution in [1.82, 2.24) is 4.57 Å². The van der Waals surface area contributed by atoms with E-state index >= 15 is 0 Å². The summed E-state index contributed by atoms with van der Waals surface area (Å²) in [6.45, 7) is 2.84. The van der Waals surface area contributed by atoms with Gasteiger partial charge in [-0.1, -0.05) is 23.2 Å². The molecule has 0 unspecified atom stereocenters. The van der Waals surface area contributed by atoms with Gasteiger partial charge in [0.25, 0.3) is 5.91 Å². The Bertz CT molecular complexity index is 825. The van der Waals surface area contributed by atoms with Gasteiger partial charge in [-0.3, -0.25) is 9.59 Å². The molecule has 0 saturated heterocycles. The predicted octanol–water partition coefficient (Wildman–Crippen LogP) is 3.72. The maximum atomic E-state index is 12.2. The van der Waals surface area contributed by atoms with E-state index in [1.54, 1.807) is 7.05 Å². The van der Waals surface area contributed by atoms with Crippen LogP contribution in [0.5, 0.6) is 0 Å². The molecule has 6 nitrogen and oxygen atoms in total. The van der Waals surface area contributed by atoms with E-state index in [1.165, 1.54) is 48.9 Å². The van der Waals surface area contributed by atoms with Crippen LogP contribution in [-0.2, 0) is 16.6 Å². The van der Waals surface area contributed by atoms with Gasteiger partial charge in [0, 0.05) is 34.5 Å². The summed E-state index contributed by atoms with van der Waals surface area (Å²) in [4.78, 5) is 35.7. The van der Waals surface area contributed by atoms with Crippen molar-refractivity contribution in [2.24, 2.45) is 7.05 Å². The van der Waals surface area contributed by atoms with E-state index in [9.17, 15) is 14.4 Å². The number of esters is 1. The number of amides is 1. The lowest BCUT2D eigenvalue weighted by atomic mass is 10.2. The number of nitrogens with zero attached hydrogens (tertiary/aromatic N) is 1. The first-order chi connectivity index (χ1) is 11.7. The number of Topliss-reactive ketones (excluding diaryl/α,β-unsaturated/α-hetero) is 1. The zero-order chi connectivity index (χ0) is 18.7. The third kappa shape index (κ3) is 4.84. The average Bonchev–Trinajstić information content (AvgIpc) is 2.88. The van der Waals surface area contributed by atoms with Gasteiger partial charge >= 0.3 is 5.97 Å². The standard InChI is InChI=1S/C17H16Cl2N2O4/c1-9(22)11-4-15(21(3)8-11)17(24)25-10(2)16(23)20-14-6-12(18)5-13(19)7-14/h4-8,10H,1-3H3,(H,20,23)/t10-/m0/s1. The maximum Gasteiger partial charge on any atom is 0.355 e. The van der Waals surface area contributed by atoms with Gasteiger partial charge in [-0.25, -0.2) is 4.79 Å². The Balaban J connectivity index is 2.05. The van der Waals surface area contributed by atoms with Crippen molar-refractivity contribution in [2.75, 3.05) is 5.32 Å². The highest BCUT2D eigenvalue weighted by molar-refractivity contribution is 6.35. The van der Waals surface area contributed by atoms with E-state index in [4.69, 9.17) is 27.9 Å². The molecule has 1 aromatic heterocycles. The normalized spacial score (nSPS) is 11.7. The number of ether oxygens (including phenoxy) is 1. The number of carbonyl (C=O) groups excluding carboxylic acids is 3. The molecular formula is C17H16Cl2N2O4. The van der Waals surface area contributed by atoms with Crippen molar-refractivity contribution >= 4 is 46.5 Å². The molecule has 1 N–H and O–H groups in total. The number of nitrogens with one attached hydrogen (secondary N) is 1. The van der Waals surface area contributed by atoms with E-state index in [2.05, 4.69) is 5.32 Å². The molecule has 0 aliphatic rings. The summed E-state index contributed by atoms with van der Waals surface area (Å²) in [5.41, 5.74) is 0.957. The molecule has 8 heteroatoms. The second-order valence-corrected chi connectivity index (χ2v) is 6.35. The van der Waals surface area contributed by atoms with E-state index in [1.807, 2.05) is 0 Å². The minimum atomic E-state index is -1.05. The first kappa shape index (κ1) is 19.0. The fourth-order valence-electron chi connectivity index (χ4n) is 2.10. The Morgan fingerprint density at radius 3 is 2.24 bits per heavy atom. The molecule has 1 atom stereocenters. The SMILES string of the molecule is CC(=O)c1cc(C(=O)O[C@@H](C)C(=O)Nc2cc(Cl)cc(Cl)c2)n(C)c1. The maximum absolute atomic E-state index is 12.2. The summed E-state index contributed by atoms with van der Waals surface area (Å²) in [7, 11) is 1.61. The molecular weight excluding hydrogens is 367 g/mol. The highest BCUT2D eigenvalue weighted by Gasteiger charge is 2.22. The summed E-state index contributed by atoms with van der Waals surface area (Å²) >= 11 is 11.7. The van der Waals surface area contributed by atoms with Crippen molar-refractivity contribution in [3.05, 3.63) is 51.8 Å². The second-order valence-electron chi connectivity index (χ2n) is 5.48. The van der Waals surface area contributed by atoms with Crippen molar-refractivity contribution in [3.8, 4) is 0 Å². The van der Waals surface area contributed by atoms with Crippen LogP contribution >= 0.6 is 23.2 Å². The number of rotatable bonds is 5. The number of anilines is 1. The molecule has 0 aliphatic heterocycles. The van der Waals surface area contributed by atoms with E-state index in [-0.39, 0.29) is 11.5 Å². The average molecular weight is 383 g/mol. The minimum Gasteiger partial charge on any atom is -0.448 e. The van der Waals surface area contributed by atoms with Gasteiger partial charge in [-0.2, -0.15) is 0 Å². The van der Waals surface area contributed by atoms with Gasteiger partial charge in [-0.05, 0) is 38.1 Å². The van der Waals surface area contributed by atoms with Gasteiger partial charge in [-0.15, -0.1) is 0 Å². The Hall–Kier alpha value is -2.31. The van der Waals surface area contributed by atoms with Crippen LogP contribution in [0.15, 0.2) is 30.5 Å². The van der Waals surface area contributed by atoms with Crippen LogP contribution in [0.4, 0.5) is 5.69 Å². The fourth-order valence-corrected chi connectivity index (χ4v) is 2.63. The Morgan fingerprint density at radius 1 is 1.12 bits per heavy atom. The summed E-state index contributed by atoms with van der Waals surface area (Å²) in [6, 6.07) is 6.00. The third-order valence-corrected chi connectivity index (χ3v) is 3.84. The summed E-state index contributed by atoms with van der Waals surface area (Å²) in [6.07, 6.45) is 0.471.